The Hall–Kier alpha value is -3.58. The highest BCUT2D eigenvalue weighted by Crippen LogP contribution is 2.37. The van der Waals surface area contributed by atoms with Gasteiger partial charge >= 0.3 is 11.6 Å². The summed E-state index contributed by atoms with van der Waals surface area (Å²) in [5.74, 6) is -1.68. The molecule has 4 aromatic rings. The molecule has 170 valence electrons. The summed E-state index contributed by atoms with van der Waals surface area (Å²) in [5.41, 5.74) is 3.62. The normalized spacial score (nSPS) is 12.2. The van der Waals surface area contributed by atoms with E-state index in [1.54, 1.807) is 32.2 Å². The first-order valence-electron chi connectivity index (χ1n) is 10.5. The van der Waals surface area contributed by atoms with Crippen molar-refractivity contribution in [2.24, 2.45) is 0 Å². The van der Waals surface area contributed by atoms with Gasteiger partial charge in [0, 0.05) is 26.9 Å². The lowest BCUT2D eigenvalue weighted by atomic mass is 9.97. The Kier molecular flexibility index (Phi) is 5.99. The lowest BCUT2D eigenvalue weighted by Gasteiger charge is -2.13. The van der Waals surface area contributed by atoms with Crippen molar-refractivity contribution >= 4 is 45.4 Å². The zero-order valence-corrected chi connectivity index (χ0v) is 19.1. The van der Waals surface area contributed by atoms with Crippen LogP contribution in [0.3, 0.4) is 0 Å². The second-order valence-corrected chi connectivity index (χ2v) is 8.38. The smallest absolute Gasteiger partial charge is 0.340 e. The lowest BCUT2D eigenvalue weighted by Crippen LogP contribution is -2.41. The number of amides is 1. The Labute approximate surface area is 194 Å². The number of carboxylic acids is 1. The second-order valence-electron chi connectivity index (χ2n) is 7.95. The van der Waals surface area contributed by atoms with Gasteiger partial charge in [0.1, 0.15) is 17.2 Å². The van der Waals surface area contributed by atoms with Gasteiger partial charge in [-0.25, -0.2) is 9.59 Å². The van der Waals surface area contributed by atoms with Crippen molar-refractivity contribution in [2.75, 3.05) is 0 Å². The van der Waals surface area contributed by atoms with E-state index in [2.05, 4.69) is 5.32 Å². The van der Waals surface area contributed by atoms with E-state index in [-0.39, 0.29) is 18.4 Å². The summed E-state index contributed by atoms with van der Waals surface area (Å²) in [6.45, 7) is 5.23. The summed E-state index contributed by atoms with van der Waals surface area (Å²) in [4.78, 5) is 36.4. The van der Waals surface area contributed by atoms with E-state index in [4.69, 9.17) is 20.4 Å². The van der Waals surface area contributed by atoms with Gasteiger partial charge in [-0.15, -0.1) is 0 Å². The van der Waals surface area contributed by atoms with Crippen molar-refractivity contribution in [3.05, 3.63) is 68.7 Å². The van der Waals surface area contributed by atoms with Crippen LogP contribution in [0, 0.1) is 13.8 Å². The van der Waals surface area contributed by atoms with Crippen LogP contribution in [-0.2, 0) is 16.0 Å². The molecule has 2 aromatic carbocycles. The molecule has 0 aliphatic rings. The Morgan fingerprint density at radius 2 is 1.79 bits per heavy atom. The number of halogens is 1. The molecule has 2 heterocycles. The number of furan rings is 1. The number of benzene rings is 2. The molecule has 0 bridgehead atoms. The highest BCUT2D eigenvalue weighted by Gasteiger charge is 2.22. The summed E-state index contributed by atoms with van der Waals surface area (Å²) >= 11 is 6.02. The molecule has 0 aliphatic carbocycles. The van der Waals surface area contributed by atoms with Crippen LogP contribution in [0.2, 0.25) is 5.02 Å². The predicted molar refractivity (Wildman–Crippen MR) is 126 cm³/mol. The van der Waals surface area contributed by atoms with Gasteiger partial charge in [0.25, 0.3) is 0 Å². The minimum absolute atomic E-state index is 0.190. The Balaban J connectivity index is 1.83. The molecule has 8 heteroatoms. The molecule has 0 unspecified atom stereocenters. The molecule has 7 nitrogen and oxygen atoms in total. The van der Waals surface area contributed by atoms with Crippen LogP contribution in [0.4, 0.5) is 0 Å². The lowest BCUT2D eigenvalue weighted by molar-refractivity contribution is -0.141. The Morgan fingerprint density at radius 3 is 2.42 bits per heavy atom. The predicted octanol–water partition coefficient (Wildman–Crippen LogP) is 5.00. The SMILES string of the molecule is CC[C@H](NC(=O)Cc1c(C)c2cc3c(-c4ccc(Cl)cc4)coc3c(C)c2oc1=O)C(=O)O. The fourth-order valence-electron chi connectivity index (χ4n) is 4.00. The van der Waals surface area contributed by atoms with Crippen LogP contribution in [0.25, 0.3) is 33.1 Å². The first kappa shape index (κ1) is 22.6. The molecule has 0 saturated heterocycles. The fourth-order valence-corrected chi connectivity index (χ4v) is 4.12. The number of carboxylic acid groups (broad SMARTS) is 1. The van der Waals surface area contributed by atoms with Gasteiger partial charge in [0.15, 0.2) is 0 Å². The minimum atomic E-state index is -1.12. The van der Waals surface area contributed by atoms with Crippen molar-refractivity contribution in [3.63, 3.8) is 0 Å². The third-order valence-corrected chi connectivity index (χ3v) is 6.13. The highest BCUT2D eigenvalue weighted by atomic mass is 35.5. The maximum Gasteiger partial charge on any atom is 0.340 e. The number of aryl methyl sites for hydroxylation is 2. The number of nitrogens with one attached hydrogen (secondary N) is 1. The van der Waals surface area contributed by atoms with Crippen molar-refractivity contribution in [1.29, 1.82) is 0 Å². The van der Waals surface area contributed by atoms with Crippen molar-refractivity contribution < 1.29 is 23.5 Å². The van der Waals surface area contributed by atoms with E-state index in [1.165, 1.54) is 0 Å². The van der Waals surface area contributed by atoms with E-state index in [1.807, 2.05) is 25.1 Å². The minimum Gasteiger partial charge on any atom is -0.480 e. The maximum atomic E-state index is 12.7. The van der Waals surface area contributed by atoms with Crippen LogP contribution in [0.5, 0.6) is 0 Å². The quantitative estimate of drug-likeness (QED) is 0.386. The molecule has 0 fully saturated rings. The maximum absolute atomic E-state index is 12.7. The van der Waals surface area contributed by atoms with Crippen molar-refractivity contribution in [1.82, 2.24) is 5.32 Å². The molecule has 1 atom stereocenters. The average Bonchev–Trinajstić information content (AvgIpc) is 3.20. The zero-order valence-electron chi connectivity index (χ0n) is 18.3. The van der Waals surface area contributed by atoms with Crippen LogP contribution in [-0.4, -0.2) is 23.0 Å². The van der Waals surface area contributed by atoms with Gasteiger partial charge < -0.3 is 19.3 Å². The topological polar surface area (TPSA) is 110 Å². The van der Waals surface area contributed by atoms with E-state index in [0.717, 1.165) is 16.5 Å². The molecular weight excluding hydrogens is 446 g/mol. The fraction of sp³-hybridized carbons (Fsp3) is 0.240. The second kappa shape index (κ2) is 8.75. The number of carbonyl (C=O) groups excluding carboxylic acids is 1. The largest absolute Gasteiger partial charge is 0.480 e. The van der Waals surface area contributed by atoms with E-state index in [0.29, 0.717) is 32.7 Å². The van der Waals surface area contributed by atoms with Gasteiger partial charge in [0.2, 0.25) is 5.91 Å². The monoisotopic (exact) mass is 467 g/mol. The van der Waals surface area contributed by atoms with Crippen molar-refractivity contribution in [2.45, 2.75) is 39.7 Å². The summed E-state index contributed by atoms with van der Waals surface area (Å²) in [6.07, 6.45) is 1.61. The number of aliphatic carboxylic acids is 1. The van der Waals surface area contributed by atoms with E-state index < -0.39 is 23.5 Å². The summed E-state index contributed by atoms with van der Waals surface area (Å²) in [6, 6.07) is 8.26. The van der Waals surface area contributed by atoms with Gasteiger partial charge in [-0.3, -0.25) is 4.79 Å². The summed E-state index contributed by atoms with van der Waals surface area (Å²) in [5, 5.41) is 13.8. The summed E-state index contributed by atoms with van der Waals surface area (Å²) < 4.78 is 11.4. The van der Waals surface area contributed by atoms with Crippen LogP contribution >= 0.6 is 11.6 Å². The Morgan fingerprint density at radius 1 is 1.09 bits per heavy atom. The first-order valence-corrected chi connectivity index (χ1v) is 10.8. The molecule has 1 amide bonds. The Bertz CT molecular complexity index is 1450. The van der Waals surface area contributed by atoms with Gasteiger partial charge in [0.05, 0.1) is 18.2 Å². The van der Waals surface area contributed by atoms with E-state index >= 15 is 0 Å². The molecule has 33 heavy (non-hydrogen) atoms. The van der Waals surface area contributed by atoms with Crippen molar-refractivity contribution in [3.8, 4) is 11.1 Å². The molecule has 0 aliphatic heterocycles. The molecular formula is C25H22ClNO6. The number of fused-ring (bicyclic) bond motifs is 2. The van der Waals surface area contributed by atoms with Gasteiger partial charge in [-0.1, -0.05) is 30.7 Å². The van der Waals surface area contributed by atoms with Crippen LogP contribution < -0.4 is 10.9 Å². The molecule has 4 rings (SSSR count). The molecule has 0 radical (unpaired) electrons. The number of carbonyl (C=O) groups is 2. The average molecular weight is 468 g/mol. The van der Waals surface area contributed by atoms with Gasteiger partial charge in [-0.2, -0.15) is 0 Å². The zero-order chi connectivity index (χ0) is 23.9. The third-order valence-electron chi connectivity index (χ3n) is 5.88. The summed E-state index contributed by atoms with van der Waals surface area (Å²) in [7, 11) is 0. The molecule has 2 aromatic heterocycles. The molecule has 2 N–H and O–H groups in total. The first-order chi connectivity index (χ1) is 15.7. The molecule has 0 spiro atoms. The third kappa shape index (κ3) is 4.12. The number of hydrogen-bond donors (Lipinski definition) is 2. The van der Waals surface area contributed by atoms with Crippen LogP contribution in [0.15, 0.2) is 50.2 Å². The number of rotatable bonds is 6. The standard InChI is InChI=1S/C25H22ClNO6/c1-4-20(24(29)30)27-21(28)10-17-12(2)16-9-18-19(14-5-7-15(26)8-6-14)11-32-22(18)13(3)23(16)33-25(17)31/h5-9,11,20H,4,10H2,1-3H3,(H,27,28)(H,29,30)/t20-/m0/s1. The van der Waals surface area contributed by atoms with E-state index in [9.17, 15) is 19.5 Å². The van der Waals surface area contributed by atoms with Gasteiger partial charge in [-0.05, 0) is 49.6 Å². The highest BCUT2D eigenvalue weighted by molar-refractivity contribution is 6.30. The molecule has 0 saturated carbocycles. The number of hydrogen-bond acceptors (Lipinski definition) is 5. The van der Waals surface area contributed by atoms with Crippen LogP contribution in [0.1, 0.15) is 30.0 Å².